The highest BCUT2D eigenvalue weighted by Gasteiger charge is 2.24. The molecule has 1 aliphatic rings. The van der Waals surface area contributed by atoms with Crippen molar-refractivity contribution in [2.24, 2.45) is 5.92 Å². The third-order valence-corrected chi connectivity index (χ3v) is 2.14. The number of carbonyl (C=O) groups excluding carboxylic acids is 2. The smallest absolute Gasteiger partial charge is 0.198 e. The molecule has 2 nitrogen and oxygen atoms in total. The second-order valence-electron chi connectivity index (χ2n) is 2.86. The fourth-order valence-electron chi connectivity index (χ4n) is 1.30. The molecule has 0 N–H and O–H groups in total. The molecule has 0 amide bonds. The van der Waals surface area contributed by atoms with E-state index in [1.165, 1.54) is 0 Å². The lowest BCUT2D eigenvalue weighted by molar-refractivity contribution is -0.139. The van der Waals surface area contributed by atoms with E-state index in [1.54, 1.807) is 0 Å². The molecule has 0 aromatic carbocycles. The largest absolute Gasteiger partial charge is 0.291 e. The van der Waals surface area contributed by atoms with Gasteiger partial charge in [-0.2, -0.15) is 0 Å². The van der Waals surface area contributed by atoms with Gasteiger partial charge in [0.15, 0.2) is 11.6 Å². The Morgan fingerprint density at radius 1 is 1.40 bits per heavy atom. The molecule has 0 aromatic rings. The second-order valence-corrected chi connectivity index (χ2v) is 2.86. The summed E-state index contributed by atoms with van der Waals surface area (Å²) in [6, 6.07) is 0. The summed E-state index contributed by atoms with van der Waals surface area (Å²) in [4.78, 5) is 21.5. The van der Waals surface area contributed by atoms with Crippen molar-refractivity contribution in [3.63, 3.8) is 0 Å². The SMILES string of the molecule is CC[C@H]1CCC(=O)C(=O)C1. The van der Waals surface area contributed by atoms with Crippen LogP contribution in [0.4, 0.5) is 0 Å². The average Bonchev–Trinajstić information content (AvgIpc) is 1.95. The van der Waals surface area contributed by atoms with E-state index >= 15 is 0 Å². The number of ketones is 2. The molecule has 56 valence electrons. The topological polar surface area (TPSA) is 34.1 Å². The summed E-state index contributed by atoms with van der Waals surface area (Å²) in [6.07, 6.45) is 2.92. The fourth-order valence-corrected chi connectivity index (χ4v) is 1.30. The minimum atomic E-state index is -0.162. The van der Waals surface area contributed by atoms with Crippen LogP contribution in [-0.4, -0.2) is 11.6 Å². The van der Waals surface area contributed by atoms with Gasteiger partial charge in [0, 0.05) is 12.8 Å². The highest BCUT2D eigenvalue weighted by molar-refractivity contribution is 6.37. The molecular weight excluding hydrogens is 128 g/mol. The van der Waals surface area contributed by atoms with Gasteiger partial charge in [0.25, 0.3) is 0 Å². The number of hydrogen-bond acceptors (Lipinski definition) is 2. The monoisotopic (exact) mass is 140 g/mol. The minimum absolute atomic E-state index is 0.155. The molecule has 0 bridgehead atoms. The molecule has 0 unspecified atom stereocenters. The number of Topliss-reactive ketones (excluding diaryl/α,β-unsaturated/α-hetero) is 2. The first kappa shape index (κ1) is 7.45. The van der Waals surface area contributed by atoms with Crippen LogP contribution in [0.5, 0.6) is 0 Å². The van der Waals surface area contributed by atoms with Crippen molar-refractivity contribution in [2.75, 3.05) is 0 Å². The predicted molar refractivity (Wildman–Crippen MR) is 37.6 cm³/mol. The highest BCUT2D eigenvalue weighted by Crippen LogP contribution is 2.21. The Kier molecular flexibility index (Phi) is 2.20. The van der Waals surface area contributed by atoms with Gasteiger partial charge in [0.05, 0.1) is 0 Å². The third kappa shape index (κ3) is 1.43. The lowest BCUT2D eigenvalue weighted by Crippen LogP contribution is -2.24. The summed E-state index contributed by atoms with van der Waals surface area (Å²) in [7, 11) is 0. The van der Waals surface area contributed by atoms with Gasteiger partial charge in [0.1, 0.15) is 0 Å². The summed E-state index contributed by atoms with van der Waals surface area (Å²) < 4.78 is 0. The van der Waals surface area contributed by atoms with E-state index in [-0.39, 0.29) is 11.6 Å². The zero-order valence-corrected chi connectivity index (χ0v) is 6.22. The van der Waals surface area contributed by atoms with Crippen molar-refractivity contribution >= 4 is 11.6 Å². The summed E-state index contributed by atoms with van der Waals surface area (Å²) in [5.74, 6) is 0.160. The second kappa shape index (κ2) is 2.95. The Labute approximate surface area is 60.6 Å². The molecule has 0 radical (unpaired) electrons. The van der Waals surface area contributed by atoms with Crippen LogP contribution in [0.25, 0.3) is 0 Å². The lowest BCUT2D eigenvalue weighted by Gasteiger charge is -2.17. The van der Waals surface area contributed by atoms with Gasteiger partial charge in [-0.3, -0.25) is 9.59 Å². The van der Waals surface area contributed by atoms with Gasteiger partial charge < -0.3 is 0 Å². The first-order valence-corrected chi connectivity index (χ1v) is 3.80. The van der Waals surface area contributed by atoms with Crippen molar-refractivity contribution in [3.8, 4) is 0 Å². The fraction of sp³-hybridized carbons (Fsp3) is 0.750. The molecule has 1 saturated carbocycles. The van der Waals surface area contributed by atoms with Gasteiger partial charge in [-0.15, -0.1) is 0 Å². The summed E-state index contributed by atoms with van der Waals surface area (Å²) in [5.41, 5.74) is 0. The average molecular weight is 140 g/mol. The number of carbonyl (C=O) groups is 2. The van der Waals surface area contributed by atoms with Crippen LogP contribution in [0.15, 0.2) is 0 Å². The van der Waals surface area contributed by atoms with Gasteiger partial charge in [-0.05, 0) is 12.3 Å². The molecule has 1 fully saturated rings. The first-order chi connectivity index (χ1) is 4.74. The maximum atomic E-state index is 10.8. The quantitative estimate of drug-likeness (QED) is 0.515. The zero-order valence-electron chi connectivity index (χ0n) is 6.22. The van der Waals surface area contributed by atoms with E-state index in [0.717, 1.165) is 12.8 Å². The third-order valence-electron chi connectivity index (χ3n) is 2.14. The minimum Gasteiger partial charge on any atom is -0.291 e. The van der Waals surface area contributed by atoms with E-state index in [2.05, 4.69) is 6.92 Å². The van der Waals surface area contributed by atoms with Crippen molar-refractivity contribution in [1.82, 2.24) is 0 Å². The van der Waals surface area contributed by atoms with Crippen LogP contribution in [0.3, 0.4) is 0 Å². The molecule has 10 heavy (non-hydrogen) atoms. The Morgan fingerprint density at radius 2 is 2.10 bits per heavy atom. The molecule has 0 spiro atoms. The molecule has 0 aromatic heterocycles. The summed E-state index contributed by atoms with van der Waals surface area (Å²) >= 11 is 0. The maximum absolute atomic E-state index is 10.8. The van der Waals surface area contributed by atoms with Crippen LogP contribution < -0.4 is 0 Å². The Balaban J connectivity index is 2.48. The molecule has 2 heteroatoms. The van der Waals surface area contributed by atoms with Gasteiger partial charge in [-0.1, -0.05) is 13.3 Å². The normalized spacial score (nSPS) is 27.1. The van der Waals surface area contributed by atoms with E-state index in [9.17, 15) is 9.59 Å². The lowest BCUT2D eigenvalue weighted by atomic mass is 9.86. The summed E-state index contributed by atoms with van der Waals surface area (Å²) in [5, 5.41) is 0. The Bertz CT molecular complexity index is 161. The van der Waals surface area contributed by atoms with E-state index < -0.39 is 0 Å². The van der Waals surface area contributed by atoms with Crippen LogP contribution >= 0.6 is 0 Å². The molecule has 1 rings (SSSR count). The molecule has 0 saturated heterocycles. The van der Waals surface area contributed by atoms with Crippen LogP contribution in [0.2, 0.25) is 0 Å². The zero-order chi connectivity index (χ0) is 7.56. The van der Waals surface area contributed by atoms with Crippen LogP contribution in [0.1, 0.15) is 32.6 Å². The van der Waals surface area contributed by atoms with Gasteiger partial charge in [0.2, 0.25) is 0 Å². The van der Waals surface area contributed by atoms with Crippen molar-refractivity contribution in [2.45, 2.75) is 32.6 Å². The van der Waals surface area contributed by atoms with Gasteiger partial charge in [-0.25, -0.2) is 0 Å². The standard InChI is InChI=1S/C8H12O2/c1-2-6-3-4-7(9)8(10)5-6/h6H,2-5H2,1H3/t6-/m0/s1. The first-order valence-electron chi connectivity index (χ1n) is 3.80. The van der Waals surface area contributed by atoms with E-state index in [0.29, 0.717) is 18.8 Å². The van der Waals surface area contributed by atoms with Crippen molar-refractivity contribution in [3.05, 3.63) is 0 Å². The number of hydrogen-bond donors (Lipinski definition) is 0. The summed E-state index contributed by atoms with van der Waals surface area (Å²) in [6.45, 7) is 2.06. The van der Waals surface area contributed by atoms with E-state index in [4.69, 9.17) is 0 Å². The molecular formula is C8H12O2. The van der Waals surface area contributed by atoms with Crippen molar-refractivity contribution in [1.29, 1.82) is 0 Å². The van der Waals surface area contributed by atoms with Gasteiger partial charge >= 0.3 is 0 Å². The molecule has 0 heterocycles. The molecule has 1 atom stereocenters. The highest BCUT2D eigenvalue weighted by atomic mass is 16.2. The van der Waals surface area contributed by atoms with Crippen LogP contribution in [0, 0.1) is 5.92 Å². The molecule has 0 aliphatic heterocycles. The Morgan fingerprint density at radius 3 is 2.60 bits per heavy atom. The predicted octanol–water partition coefficient (Wildman–Crippen LogP) is 1.33. The number of rotatable bonds is 1. The van der Waals surface area contributed by atoms with Crippen LogP contribution in [-0.2, 0) is 9.59 Å². The van der Waals surface area contributed by atoms with E-state index in [1.807, 2.05) is 0 Å². The Hall–Kier alpha value is -0.660. The van der Waals surface area contributed by atoms with Crippen molar-refractivity contribution < 1.29 is 9.59 Å². The molecule has 1 aliphatic carbocycles. The maximum Gasteiger partial charge on any atom is 0.198 e.